The Morgan fingerprint density at radius 2 is 1.24 bits per heavy atom. The van der Waals surface area contributed by atoms with E-state index in [9.17, 15) is 0 Å². The molecule has 21 heavy (non-hydrogen) atoms. The third-order valence-electron chi connectivity index (χ3n) is 3.26. The Balaban J connectivity index is 1.78. The molecule has 0 bridgehead atoms. The molecule has 2 saturated heterocycles. The highest BCUT2D eigenvalue weighted by molar-refractivity contribution is 8.31. The van der Waals surface area contributed by atoms with Gasteiger partial charge in [0.1, 0.15) is 0 Å². The molecule has 3 rings (SSSR count). The van der Waals surface area contributed by atoms with Crippen LogP contribution in [0.15, 0.2) is 30.3 Å². The van der Waals surface area contributed by atoms with Crippen LogP contribution in [0.1, 0.15) is 0 Å². The number of nitrogens with zero attached hydrogens (tertiary/aromatic N) is 2. The molecular weight excluding hydrogens is 355 g/mol. The Hall–Kier alpha value is 0.970. The van der Waals surface area contributed by atoms with E-state index in [-0.39, 0.29) is 7.92 Å². The molecule has 0 unspecified atom stereocenters. The Morgan fingerprint density at radius 1 is 0.810 bits per heavy atom. The van der Waals surface area contributed by atoms with E-state index in [0.717, 1.165) is 8.65 Å². The molecule has 1 aromatic rings. The summed E-state index contributed by atoms with van der Waals surface area (Å²) in [6.07, 6.45) is 0. The minimum atomic E-state index is -0.132. The Bertz CT molecular complexity index is 412. The second kappa shape index (κ2) is 8.18. The van der Waals surface area contributed by atoms with Crippen molar-refractivity contribution in [3.63, 3.8) is 0 Å². The smallest absolute Gasteiger partial charge is 0.0781 e. The van der Waals surface area contributed by atoms with Gasteiger partial charge in [0, 0.05) is 23.5 Å². The van der Waals surface area contributed by atoms with Gasteiger partial charge < -0.3 is 0 Å². The monoisotopic (exact) mass is 376 g/mol. The summed E-state index contributed by atoms with van der Waals surface area (Å²) in [5, 5.41) is 1.58. The summed E-state index contributed by atoms with van der Waals surface area (Å²) < 4.78 is 1.49. The fourth-order valence-corrected chi connectivity index (χ4v) is 14.2. The summed E-state index contributed by atoms with van der Waals surface area (Å²) >= 11 is 8.58. The van der Waals surface area contributed by atoms with Crippen LogP contribution in [-0.2, 0) is 0 Å². The van der Waals surface area contributed by atoms with E-state index in [1.807, 2.05) is 0 Å². The Labute approximate surface area is 146 Å². The summed E-state index contributed by atoms with van der Waals surface area (Å²) in [4.78, 5) is 4.83. The van der Waals surface area contributed by atoms with Crippen LogP contribution in [0, 0.1) is 0 Å². The van der Waals surface area contributed by atoms with E-state index >= 15 is 0 Å². The van der Waals surface area contributed by atoms with E-state index in [2.05, 4.69) is 101 Å². The summed E-state index contributed by atoms with van der Waals surface area (Å²) in [5.74, 6) is 4.69. The van der Waals surface area contributed by atoms with E-state index < -0.39 is 0 Å². The summed E-state index contributed by atoms with van der Waals surface area (Å²) in [6, 6.07) is 11.3. The molecule has 0 aromatic heterocycles. The normalized spacial score (nSPS) is 23.8. The second-order valence-corrected chi connectivity index (χ2v) is 13.9. The van der Waals surface area contributed by atoms with Crippen molar-refractivity contribution in [2.24, 2.45) is 0 Å². The molecule has 0 radical (unpaired) electrons. The first-order chi connectivity index (χ1) is 10.2. The highest BCUT2D eigenvalue weighted by atomic mass is 32.2. The fraction of sp³-hybridized carbons (Fsp3) is 0.571. The lowest BCUT2D eigenvalue weighted by atomic mass is 10.4. The molecule has 2 aliphatic heterocycles. The molecular formula is C14H21N2PS4. The van der Waals surface area contributed by atoms with Gasteiger partial charge in [0.2, 0.25) is 0 Å². The zero-order chi connectivity index (χ0) is 14.7. The quantitative estimate of drug-likeness (QED) is 0.730. The lowest BCUT2D eigenvalue weighted by Gasteiger charge is -2.40. The molecule has 0 amide bonds. The maximum atomic E-state index is 2.42. The van der Waals surface area contributed by atoms with Gasteiger partial charge >= 0.3 is 0 Å². The van der Waals surface area contributed by atoms with Gasteiger partial charge in [-0.05, 0) is 27.3 Å². The maximum absolute atomic E-state index is 2.42. The van der Waals surface area contributed by atoms with Crippen molar-refractivity contribution in [3.8, 4) is 0 Å². The molecule has 0 aliphatic carbocycles. The lowest BCUT2D eigenvalue weighted by molar-refractivity contribution is 0.463. The average Bonchev–Trinajstić information content (AvgIpc) is 2.52. The fourth-order valence-electron chi connectivity index (χ4n) is 2.20. The average molecular weight is 377 g/mol. The number of hydrogen-bond acceptors (Lipinski definition) is 6. The van der Waals surface area contributed by atoms with Gasteiger partial charge in [-0.2, -0.15) is 0 Å². The predicted octanol–water partition coefficient (Wildman–Crippen LogP) is 4.01. The van der Waals surface area contributed by atoms with Gasteiger partial charge in [-0.1, -0.05) is 30.3 Å². The lowest BCUT2D eigenvalue weighted by Crippen LogP contribution is -2.30. The molecule has 116 valence electrons. The first kappa shape index (κ1) is 16.8. The van der Waals surface area contributed by atoms with Crippen LogP contribution in [0.5, 0.6) is 0 Å². The van der Waals surface area contributed by atoms with Crippen LogP contribution in [0.3, 0.4) is 0 Å². The van der Waals surface area contributed by atoms with Gasteiger partial charge in [0.05, 0.1) is 8.65 Å². The molecule has 0 spiro atoms. The van der Waals surface area contributed by atoms with Crippen molar-refractivity contribution in [1.29, 1.82) is 0 Å². The Morgan fingerprint density at radius 3 is 1.67 bits per heavy atom. The Kier molecular flexibility index (Phi) is 6.55. The van der Waals surface area contributed by atoms with Crippen LogP contribution in [0.25, 0.3) is 0 Å². The van der Waals surface area contributed by atoms with E-state index in [0.29, 0.717) is 0 Å². The van der Waals surface area contributed by atoms with Crippen molar-refractivity contribution in [1.82, 2.24) is 9.80 Å². The molecule has 7 heteroatoms. The molecule has 2 heterocycles. The van der Waals surface area contributed by atoms with Gasteiger partial charge in [0.25, 0.3) is 0 Å². The molecule has 2 fully saturated rings. The number of rotatable bonds is 3. The summed E-state index contributed by atoms with van der Waals surface area (Å²) in [7, 11) is 4.31. The molecule has 2 aliphatic rings. The third-order valence-corrected chi connectivity index (χ3v) is 14.7. The van der Waals surface area contributed by atoms with Crippen LogP contribution >= 0.6 is 55.0 Å². The molecule has 0 N–H and O–H groups in total. The van der Waals surface area contributed by atoms with Gasteiger partial charge in [-0.25, -0.2) is 0 Å². The number of thioether (sulfide) groups is 4. The minimum absolute atomic E-state index is 0.132. The SMILES string of the molecule is CN1CSC(P(c2ccccc2)C2SCN(C)CS2)SC1. The summed E-state index contributed by atoms with van der Waals surface area (Å²) in [6.45, 7) is 0. The zero-order valence-corrected chi connectivity index (χ0v) is 16.5. The van der Waals surface area contributed by atoms with Crippen LogP contribution in [0.4, 0.5) is 0 Å². The number of benzene rings is 1. The van der Waals surface area contributed by atoms with Gasteiger partial charge in [-0.3, -0.25) is 9.80 Å². The third kappa shape index (κ3) is 4.50. The number of hydrogen-bond donors (Lipinski definition) is 0. The zero-order valence-electron chi connectivity index (χ0n) is 12.3. The first-order valence-corrected chi connectivity index (χ1v) is 12.6. The molecule has 0 saturated carbocycles. The van der Waals surface area contributed by atoms with Crippen LogP contribution in [-0.4, -0.2) is 56.0 Å². The maximum Gasteiger partial charge on any atom is 0.0781 e. The van der Waals surface area contributed by atoms with Crippen molar-refractivity contribution in [2.75, 3.05) is 37.6 Å². The van der Waals surface area contributed by atoms with E-state index in [4.69, 9.17) is 0 Å². The van der Waals surface area contributed by atoms with Gasteiger partial charge in [0.15, 0.2) is 0 Å². The standard InChI is InChI=1S/C14H21N2PS4/c1-15-8-18-13(19-9-15)17(12-6-4-3-5-7-12)14-20-10-16(2)11-21-14/h3-7,13-14H,8-11H2,1-2H3. The first-order valence-electron chi connectivity index (χ1n) is 6.91. The van der Waals surface area contributed by atoms with Crippen LogP contribution < -0.4 is 5.30 Å². The second-order valence-electron chi connectivity index (χ2n) is 5.25. The topological polar surface area (TPSA) is 6.48 Å². The van der Waals surface area contributed by atoms with Crippen molar-refractivity contribution in [2.45, 2.75) is 8.65 Å². The predicted molar refractivity (Wildman–Crippen MR) is 106 cm³/mol. The van der Waals surface area contributed by atoms with E-state index in [1.54, 1.807) is 5.30 Å². The minimum Gasteiger partial charge on any atom is -0.288 e. The van der Waals surface area contributed by atoms with Crippen molar-refractivity contribution < 1.29 is 0 Å². The highest BCUT2D eigenvalue weighted by Crippen LogP contribution is 2.63. The van der Waals surface area contributed by atoms with E-state index in [1.165, 1.54) is 23.5 Å². The van der Waals surface area contributed by atoms with Crippen LogP contribution in [0.2, 0.25) is 0 Å². The molecule has 2 nitrogen and oxygen atoms in total. The molecule has 1 aromatic carbocycles. The summed E-state index contributed by atoms with van der Waals surface area (Å²) in [5.41, 5.74) is 0. The van der Waals surface area contributed by atoms with Gasteiger partial charge in [-0.15, -0.1) is 47.0 Å². The van der Waals surface area contributed by atoms with Crippen molar-refractivity contribution in [3.05, 3.63) is 30.3 Å². The largest absolute Gasteiger partial charge is 0.288 e. The molecule has 0 atom stereocenters. The van der Waals surface area contributed by atoms with Crippen molar-refractivity contribution >= 4 is 60.3 Å². The highest BCUT2D eigenvalue weighted by Gasteiger charge is 2.35.